The molecule has 132 valence electrons. The maximum absolute atomic E-state index is 13.6. The van der Waals surface area contributed by atoms with E-state index < -0.39 is 30.1 Å². The first-order valence-corrected chi connectivity index (χ1v) is 6.61. The zero-order valence-electron chi connectivity index (χ0n) is 12.8. The fourth-order valence-corrected chi connectivity index (χ4v) is 2.02. The van der Waals surface area contributed by atoms with Crippen molar-refractivity contribution in [1.29, 1.82) is 0 Å². The number of hydrogen-bond donors (Lipinski definition) is 2. The van der Waals surface area contributed by atoms with Crippen molar-refractivity contribution >= 4 is 24.0 Å². The molecule has 1 heterocycles. The van der Waals surface area contributed by atoms with Crippen molar-refractivity contribution in [1.82, 2.24) is 15.1 Å². The molecular formula is C14H16ClF3N4O2. The van der Waals surface area contributed by atoms with Crippen LogP contribution >= 0.6 is 12.4 Å². The Balaban J connectivity index is 0.00000288. The fourth-order valence-electron chi connectivity index (χ4n) is 2.02. The summed E-state index contributed by atoms with van der Waals surface area (Å²) in [4.78, 5) is 12.2. The minimum Gasteiger partial charge on any atom is -0.432 e. The van der Waals surface area contributed by atoms with E-state index in [4.69, 9.17) is 0 Å². The summed E-state index contributed by atoms with van der Waals surface area (Å²) in [7, 11) is 3.31. The van der Waals surface area contributed by atoms with Gasteiger partial charge >= 0.3 is 6.61 Å². The molecule has 0 saturated carbocycles. The maximum atomic E-state index is 13.6. The standard InChI is InChI=1S/C14H15F3N4O2.ClH/c1-18-12(8-6-19-21(2)7-8)13(22)20-9-3-4-11(10(15)5-9)23-14(16)17;/h3-7,12,14,18H,1-2H3,(H,20,22);1H. The van der Waals surface area contributed by atoms with Crippen molar-refractivity contribution in [3.8, 4) is 5.75 Å². The van der Waals surface area contributed by atoms with Gasteiger partial charge in [0.05, 0.1) is 6.20 Å². The number of likely N-dealkylation sites (N-methyl/N-ethyl adjacent to an activating group) is 1. The molecule has 0 fully saturated rings. The van der Waals surface area contributed by atoms with Gasteiger partial charge in [-0.15, -0.1) is 12.4 Å². The first-order chi connectivity index (χ1) is 10.9. The van der Waals surface area contributed by atoms with Crippen molar-refractivity contribution in [3.05, 3.63) is 42.0 Å². The molecular weight excluding hydrogens is 349 g/mol. The quantitative estimate of drug-likeness (QED) is 0.826. The number of rotatable bonds is 6. The minimum atomic E-state index is -3.12. The molecule has 1 amide bonds. The number of anilines is 1. The van der Waals surface area contributed by atoms with E-state index in [1.165, 1.54) is 12.3 Å². The Morgan fingerprint density at radius 1 is 1.38 bits per heavy atom. The largest absolute Gasteiger partial charge is 0.432 e. The van der Waals surface area contributed by atoms with E-state index in [1.807, 2.05) is 0 Å². The number of hydrogen-bond acceptors (Lipinski definition) is 4. The Labute approximate surface area is 142 Å². The van der Waals surface area contributed by atoms with Crippen LogP contribution in [0.1, 0.15) is 11.6 Å². The van der Waals surface area contributed by atoms with Crippen LogP contribution in [0.25, 0.3) is 0 Å². The fraction of sp³-hybridized carbons (Fsp3) is 0.286. The second-order valence-electron chi connectivity index (χ2n) is 4.68. The van der Waals surface area contributed by atoms with E-state index in [-0.39, 0.29) is 18.1 Å². The molecule has 6 nitrogen and oxygen atoms in total. The van der Waals surface area contributed by atoms with Gasteiger partial charge in [-0.3, -0.25) is 9.48 Å². The highest BCUT2D eigenvalue weighted by molar-refractivity contribution is 5.95. The summed E-state index contributed by atoms with van der Waals surface area (Å²) in [5, 5.41) is 9.30. The molecule has 1 atom stereocenters. The van der Waals surface area contributed by atoms with Crippen molar-refractivity contribution in [2.75, 3.05) is 12.4 Å². The van der Waals surface area contributed by atoms with E-state index in [1.54, 1.807) is 25.0 Å². The normalized spacial score (nSPS) is 11.8. The van der Waals surface area contributed by atoms with Gasteiger partial charge in [-0.25, -0.2) is 4.39 Å². The zero-order chi connectivity index (χ0) is 17.0. The Hall–Kier alpha value is -2.26. The number of aryl methyl sites for hydroxylation is 1. The van der Waals surface area contributed by atoms with Crippen LogP contribution in [0, 0.1) is 5.82 Å². The number of alkyl halides is 2. The molecule has 1 unspecified atom stereocenters. The average Bonchev–Trinajstić information content (AvgIpc) is 2.88. The Kier molecular flexibility index (Phi) is 7.05. The van der Waals surface area contributed by atoms with Crippen molar-refractivity contribution < 1.29 is 22.7 Å². The summed E-state index contributed by atoms with van der Waals surface area (Å²) in [6, 6.07) is 2.51. The number of halogens is 4. The Morgan fingerprint density at radius 3 is 2.58 bits per heavy atom. The highest BCUT2D eigenvalue weighted by atomic mass is 35.5. The monoisotopic (exact) mass is 364 g/mol. The van der Waals surface area contributed by atoms with Gasteiger partial charge in [0.15, 0.2) is 11.6 Å². The summed E-state index contributed by atoms with van der Waals surface area (Å²) in [5.41, 5.74) is 0.754. The van der Waals surface area contributed by atoms with Gasteiger partial charge < -0.3 is 15.4 Å². The summed E-state index contributed by atoms with van der Waals surface area (Å²) in [6.45, 7) is -3.12. The zero-order valence-corrected chi connectivity index (χ0v) is 13.6. The number of amides is 1. The van der Waals surface area contributed by atoms with Gasteiger partial charge in [-0.2, -0.15) is 13.9 Å². The van der Waals surface area contributed by atoms with Gasteiger partial charge in [-0.1, -0.05) is 0 Å². The van der Waals surface area contributed by atoms with Crippen LogP contribution in [0.4, 0.5) is 18.9 Å². The van der Waals surface area contributed by atoms with Crippen LogP contribution in [0.3, 0.4) is 0 Å². The molecule has 10 heteroatoms. The van der Waals surface area contributed by atoms with E-state index >= 15 is 0 Å². The van der Waals surface area contributed by atoms with E-state index in [2.05, 4.69) is 20.5 Å². The predicted octanol–water partition coefficient (Wildman–Crippen LogP) is 2.48. The first-order valence-electron chi connectivity index (χ1n) is 6.61. The van der Waals surface area contributed by atoms with E-state index in [0.29, 0.717) is 5.56 Å². The van der Waals surface area contributed by atoms with Crippen molar-refractivity contribution in [3.63, 3.8) is 0 Å². The second-order valence-corrected chi connectivity index (χ2v) is 4.68. The SMILES string of the molecule is CNC(C(=O)Nc1ccc(OC(F)F)c(F)c1)c1cnn(C)c1.Cl. The molecule has 24 heavy (non-hydrogen) atoms. The van der Waals surface area contributed by atoms with Crippen LogP contribution in [0.2, 0.25) is 0 Å². The van der Waals surface area contributed by atoms with E-state index in [0.717, 1.165) is 12.1 Å². The number of nitrogens with zero attached hydrogens (tertiary/aromatic N) is 2. The van der Waals surface area contributed by atoms with Gasteiger partial charge in [0, 0.05) is 30.6 Å². The summed E-state index contributed by atoms with van der Waals surface area (Å²) >= 11 is 0. The van der Waals surface area contributed by atoms with Crippen LogP contribution in [0.5, 0.6) is 5.75 Å². The Bertz CT molecular complexity index is 696. The van der Waals surface area contributed by atoms with Crippen LogP contribution in [-0.2, 0) is 11.8 Å². The van der Waals surface area contributed by atoms with Gasteiger partial charge in [0.2, 0.25) is 5.91 Å². The molecule has 0 spiro atoms. The minimum absolute atomic E-state index is 0. The van der Waals surface area contributed by atoms with Crippen LogP contribution < -0.4 is 15.4 Å². The Morgan fingerprint density at radius 2 is 2.08 bits per heavy atom. The lowest BCUT2D eigenvalue weighted by molar-refractivity contribution is -0.118. The molecule has 0 saturated heterocycles. The lowest BCUT2D eigenvalue weighted by Gasteiger charge is -2.15. The predicted molar refractivity (Wildman–Crippen MR) is 83.9 cm³/mol. The highest BCUT2D eigenvalue weighted by Gasteiger charge is 2.21. The van der Waals surface area contributed by atoms with Crippen molar-refractivity contribution in [2.24, 2.45) is 7.05 Å². The van der Waals surface area contributed by atoms with Gasteiger partial charge in [0.1, 0.15) is 6.04 Å². The molecule has 2 rings (SSSR count). The van der Waals surface area contributed by atoms with Gasteiger partial charge in [0.25, 0.3) is 0 Å². The molecule has 2 aromatic rings. The summed E-state index contributed by atoms with van der Waals surface area (Å²) in [6.07, 6.45) is 3.20. The molecule has 1 aromatic carbocycles. The lowest BCUT2D eigenvalue weighted by Crippen LogP contribution is -2.30. The van der Waals surface area contributed by atoms with E-state index in [9.17, 15) is 18.0 Å². The summed E-state index contributed by atoms with van der Waals surface area (Å²) < 4.78 is 43.3. The lowest BCUT2D eigenvalue weighted by atomic mass is 10.1. The molecule has 0 aliphatic carbocycles. The third-order valence-corrected chi connectivity index (χ3v) is 3.02. The topological polar surface area (TPSA) is 68.2 Å². The number of aromatic nitrogens is 2. The summed E-state index contributed by atoms with van der Waals surface area (Å²) in [5.74, 6) is -2.02. The molecule has 0 bridgehead atoms. The molecule has 0 aliphatic rings. The number of carbonyl (C=O) groups excluding carboxylic acids is 1. The highest BCUT2D eigenvalue weighted by Crippen LogP contribution is 2.23. The number of ether oxygens (including phenoxy) is 1. The third-order valence-electron chi connectivity index (χ3n) is 3.02. The first kappa shape index (κ1) is 19.8. The number of carbonyl (C=O) groups is 1. The molecule has 0 radical (unpaired) electrons. The number of nitrogens with one attached hydrogen (secondary N) is 2. The van der Waals surface area contributed by atoms with Crippen LogP contribution in [0.15, 0.2) is 30.6 Å². The molecule has 0 aliphatic heterocycles. The molecule has 2 N–H and O–H groups in total. The average molecular weight is 365 g/mol. The molecule has 1 aromatic heterocycles. The number of benzene rings is 1. The third kappa shape index (κ3) is 4.87. The van der Waals surface area contributed by atoms with Gasteiger partial charge in [-0.05, 0) is 19.2 Å². The smallest absolute Gasteiger partial charge is 0.387 e. The maximum Gasteiger partial charge on any atom is 0.387 e. The van der Waals surface area contributed by atoms with Crippen molar-refractivity contribution in [2.45, 2.75) is 12.7 Å². The van der Waals surface area contributed by atoms with Crippen LogP contribution in [-0.4, -0.2) is 29.3 Å². The second kappa shape index (κ2) is 8.55.